The molecule has 1 unspecified atom stereocenters. The lowest BCUT2D eigenvalue weighted by atomic mass is 9.96. The lowest BCUT2D eigenvalue weighted by Crippen LogP contribution is -2.49. The molecule has 1 amide bonds. The summed E-state index contributed by atoms with van der Waals surface area (Å²) in [5, 5.41) is 9.26. The van der Waals surface area contributed by atoms with Crippen LogP contribution in [0, 0.1) is 0 Å². The van der Waals surface area contributed by atoms with Crippen molar-refractivity contribution in [2.45, 2.75) is 44.8 Å². The number of nitrogens with zero attached hydrogens (tertiary/aromatic N) is 1. The average molecular weight is 291 g/mol. The van der Waals surface area contributed by atoms with Gasteiger partial charge < -0.3 is 14.7 Å². The van der Waals surface area contributed by atoms with Gasteiger partial charge in [-0.05, 0) is 26.7 Å². The van der Waals surface area contributed by atoms with Crippen molar-refractivity contribution < 1.29 is 28.2 Å². The first-order chi connectivity index (χ1) is 9.34. The maximum absolute atomic E-state index is 13.6. The van der Waals surface area contributed by atoms with Crippen molar-refractivity contribution in [1.29, 1.82) is 0 Å². The molecule has 0 aliphatic heterocycles. The molecule has 114 valence electrons. The van der Waals surface area contributed by atoms with E-state index in [1.54, 1.807) is 13.8 Å². The van der Waals surface area contributed by atoms with Gasteiger partial charge in [-0.15, -0.1) is 0 Å². The summed E-state index contributed by atoms with van der Waals surface area (Å²) in [6.07, 6.45) is -2.05. The Kier molecular flexibility index (Phi) is 5.62. The second-order valence-electron chi connectivity index (χ2n) is 4.48. The van der Waals surface area contributed by atoms with Crippen LogP contribution in [0.15, 0.2) is 12.2 Å². The van der Waals surface area contributed by atoms with Crippen LogP contribution in [0.4, 0.5) is 13.6 Å². The number of hydrogen-bond donors (Lipinski definition) is 1. The molecule has 5 nitrogen and oxygen atoms in total. The van der Waals surface area contributed by atoms with Crippen LogP contribution in [0.2, 0.25) is 0 Å². The van der Waals surface area contributed by atoms with Gasteiger partial charge in [0.2, 0.25) is 5.78 Å². The zero-order valence-electron chi connectivity index (χ0n) is 11.5. The van der Waals surface area contributed by atoms with Crippen LogP contribution in [-0.2, 0) is 9.53 Å². The number of allylic oxidation sites excluding steroid dienone is 1. The number of alkyl halides is 2. The van der Waals surface area contributed by atoms with Crippen LogP contribution in [0.3, 0.4) is 0 Å². The van der Waals surface area contributed by atoms with E-state index in [1.807, 2.05) is 0 Å². The highest BCUT2D eigenvalue weighted by Gasteiger charge is 2.50. The van der Waals surface area contributed by atoms with E-state index >= 15 is 0 Å². The Morgan fingerprint density at radius 2 is 2.10 bits per heavy atom. The Hall–Kier alpha value is -1.50. The topological polar surface area (TPSA) is 66.8 Å². The summed E-state index contributed by atoms with van der Waals surface area (Å²) in [5.41, 5.74) is 0. The molecule has 0 aromatic rings. The summed E-state index contributed by atoms with van der Waals surface area (Å²) in [6, 6.07) is 0. The highest BCUT2D eigenvalue weighted by Crippen LogP contribution is 2.27. The molecular formula is C13H19F2NO4. The number of Topliss-reactive ketones (excluding diaryl/α,β-unsaturated/α-hetero) is 1. The number of aliphatic hydroxyl groups is 1. The molecule has 0 heterocycles. The minimum absolute atomic E-state index is 0.0232. The first kappa shape index (κ1) is 16.6. The van der Waals surface area contributed by atoms with Crippen molar-refractivity contribution in [2.24, 2.45) is 0 Å². The maximum atomic E-state index is 13.6. The van der Waals surface area contributed by atoms with E-state index < -0.39 is 30.0 Å². The molecule has 0 saturated heterocycles. The van der Waals surface area contributed by atoms with Gasteiger partial charge >= 0.3 is 12.0 Å². The SMILES string of the molecule is CCN(CC)C(=O)O[C@H]1CC/C=C\C(O)C(F)(F)C1=O. The largest absolute Gasteiger partial charge is 0.438 e. The predicted octanol–water partition coefficient (Wildman–Crippen LogP) is 1.75. The minimum atomic E-state index is -3.95. The highest BCUT2D eigenvalue weighted by molar-refractivity contribution is 5.92. The first-order valence-electron chi connectivity index (χ1n) is 6.57. The number of carbonyl (C=O) groups excluding carboxylic acids is 2. The zero-order chi connectivity index (χ0) is 15.3. The van der Waals surface area contributed by atoms with Crippen molar-refractivity contribution in [3.63, 3.8) is 0 Å². The second kappa shape index (κ2) is 6.78. The Morgan fingerprint density at radius 3 is 2.65 bits per heavy atom. The number of amides is 1. The highest BCUT2D eigenvalue weighted by atomic mass is 19.3. The number of hydrogen-bond acceptors (Lipinski definition) is 4. The fourth-order valence-electron chi connectivity index (χ4n) is 1.88. The lowest BCUT2D eigenvalue weighted by molar-refractivity contribution is -0.165. The van der Waals surface area contributed by atoms with Crippen LogP contribution in [-0.4, -0.2) is 53.1 Å². The maximum Gasteiger partial charge on any atom is 0.410 e. The molecule has 1 aliphatic carbocycles. The van der Waals surface area contributed by atoms with E-state index in [0.717, 1.165) is 6.08 Å². The third kappa shape index (κ3) is 3.53. The van der Waals surface area contributed by atoms with Crippen molar-refractivity contribution in [1.82, 2.24) is 4.90 Å². The van der Waals surface area contributed by atoms with Crippen molar-refractivity contribution >= 4 is 11.9 Å². The summed E-state index contributed by atoms with van der Waals surface area (Å²) in [6.45, 7) is 4.14. The van der Waals surface area contributed by atoms with Crippen LogP contribution >= 0.6 is 0 Å². The third-order valence-corrected chi connectivity index (χ3v) is 3.17. The molecule has 1 N–H and O–H groups in total. The summed E-state index contributed by atoms with van der Waals surface area (Å²) < 4.78 is 32.2. The summed E-state index contributed by atoms with van der Waals surface area (Å²) >= 11 is 0. The van der Waals surface area contributed by atoms with Crippen molar-refractivity contribution in [3.05, 3.63) is 12.2 Å². The zero-order valence-corrected chi connectivity index (χ0v) is 11.5. The van der Waals surface area contributed by atoms with Crippen molar-refractivity contribution in [3.8, 4) is 0 Å². The smallest absolute Gasteiger partial charge is 0.410 e. The lowest BCUT2D eigenvalue weighted by Gasteiger charge is -2.27. The minimum Gasteiger partial charge on any atom is -0.438 e. The van der Waals surface area contributed by atoms with Crippen LogP contribution in [0.5, 0.6) is 0 Å². The summed E-state index contributed by atoms with van der Waals surface area (Å²) in [4.78, 5) is 24.7. The summed E-state index contributed by atoms with van der Waals surface area (Å²) in [5.74, 6) is -5.51. The first-order valence-corrected chi connectivity index (χ1v) is 6.57. The van der Waals surface area contributed by atoms with Crippen molar-refractivity contribution in [2.75, 3.05) is 13.1 Å². The summed E-state index contributed by atoms with van der Waals surface area (Å²) in [7, 11) is 0. The number of ether oxygens (including phenoxy) is 1. The molecule has 0 aromatic carbocycles. The van der Waals surface area contributed by atoms with Gasteiger partial charge in [0, 0.05) is 13.1 Å². The molecule has 2 atom stereocenters. The average Bonchev–Trinajstić information content (AvgIpc) is 2.41. The van der Waals surface area contributed by atoms with E-state index in [9.17, 15) is 23.5 Å². The molecule has 0 fully saturated rings. The second-order valence-corrected chi connectivity index (χ2v) is 4.48. The molecule has 0 spiro atoms. The standard InChI is InChI=1S/C13H19F2NO4/c1-3-16(4-2)12(19)20-9-7-5-6-8-10(17)13(14,15)11(9)18/h6,8-10,17H,3-5,7H2,1-2H3/b8-6-/t9-,10?/m0/s1. The molecule has 0 radical (unpaired) electrons. The Morgan fingerprint density at radius 1 is 1.50 bits per heavy atom. The number of carbonyl (C=O) groups is 2. The molecule has 0 saturated carbocycles. The normalized spacial score (nSPS) is 27.4. The predicted molar refractivity (Wildman–Crippen MR) is 67.5 cm³/mol. The number of rotatable bonds is 3. The van der Waals surface area contributed by atoms with Gasteiger partial charge in [-0.25, -0.2) is 4.79 Å². The van der Waals surface area contributed by atoms with Crippen LogP contribution in [0.25, 0.3) is 0 Å². The molecular weight excluding hydrogens is 272 g/mol. The molecule has 0 aromatic heterocycles. The molecule has 7 heteroatoms. The van der Waals surface area contributed by atoms with E-state index in [4.69, 9.17) is 4.74 Å². The van der Waals surface area contributed by atoms with Gasteiger partial charge in [0.1, 0.15) is 6.10 Å². The van der Waals surface area contributed by atoms with Gasteiger partial charge in [0.25, 0.3) is 0 Å². The monoisotopic (exact) mass is 291 g/mol. The van der Waals surface area contributed by atoms with Gasteiger partial charge in [-0.3, -0.25) is 4.79 Å². The van der Waals surface area contributed by atoms with Gasteiger partial charge in [0.15, 0.2) is 6.10 Å². The quantitative estimate of drug-likeness (QED) is 0.804. The van der Waals surface area contributed by atoms with E-state index in [0.29, 0.717) is 13.1 Å². The number of aliphatic hydroxyl groups excluding tert-OH is 1. The van der Waals surface area contributed by atoms with Crippen LogP contribution in [0.1, 0.15) is 26.7 Å². The molecule has 1 aliphatic rings. The Bertz CT molecular complexity index is 394. The van der Waals surface area contributed by atoms with E-state index in [1.165, 1.54) is 11.0 Å². The molecule has 1 rings (SSSR count). The van der Waals surface area contributed by atoms with Crippen LogP contribution < -0.4 is 0 Å². The van der Waals surface area contributed by atoms with Gasteiger partial charge in [-0.2, -0.15) is 8.78 Å². The van der Waals surface area contributed by atoms with Gasteiger partial charge in [0.05, 0.1) is 0 Å². The molecule has 20 heavy (non-hydrogen) atoms. The Labute approximate surface area is 116 Å². The number of ketones is 1. The number of halogens is 2. The fraction of sp³-hybridized carbons (Fsp3) is 0.692. The Balaban J connectivity index is 2.86. The molecule has 0 bridgehead atoms. The van der Waals surface area contributed by atoms with E-state index in [2.05, 4.69) is 0 Å². The fourth-order valence-corrected chi connectivity index (χ4v) is 1.88. The van der Waals surface area contributed by atoms with E-state index in [-0.39, 0.29) is 12.8 Å². The van der Waals surface area contributed by atoms with Gasteiger partial charge in [-0.1, -0.05) is 12.2 Å². The third-order valence-electron chi connectivity index (χ3n) is 3.17.